The van der Waals surface area contributed by atoms with Gasteiger partial charge in [0.25, 0.3) is 0 Å². The SMILES string of the molecule is C(=N\Nc1nncc2ccccc12)/c1cn(-c2ccccc2)nc1-c1cccs1. The van der Waals surface area contributed by atoms with Gasteiger partial charge in [0.15, 0.2) is 5.82 Å². The van der Waals surface area contributed by atoms with Gasteiger partial charge in [0, 0.05) is 22.5 Å². The third kappa shape index (κ3) is 3.51. The largest absolute Gasteiger partial charge is 0.259 e. The predicted molar refractivity (Wildman–Crippen MR) is 118 cm³/mol. The van der Waals surface area contributed by atoms with E-state index in [-0.39, 0.29) is 0 Å². The van der Waals surface area contributed by atoms with Gasteiger partial charge >= 0.3 is 0 Å². The molecule has 0 saturated heterocycles. The number of rotatable bonds is 5. The van der Waals surface area contributed by atoms with Gasteiger partial charge in [-0.2, -0.15) is 15.3 Å². The molecule has 140 valence electrons. The molecule has 3 aromatic heterocycles. The van der Waals surface area contributed by atoms with E-state index in [4.69, 9.17) is 5.10 Å². The van der Waals surface area contributed by atoms with Crippen LogP contribution >= 0.6 is 11.3 Å². The minimum absolute atomic E-state index is 0.618. The molecule has 6 nitrogen and oxygen atoms in total. The second kappa shape index (κ2) is 7.65. The molecule has 2 aromatic carbocycles. The first-order valence-electron chi connectivity index (χ1n) is 9.07. The van der Waals surface area contributed by atoms with Crippen LogP contribution in [0.25, 0.3) is 27.0 Å². The van der Waals surface area contributed by atoms with Gasteiger partial charge in [0.05, 0.1) is 23.0 Å². The highest BCUT2D eigenvalue weighted by atomic mass is 32.1. The van der Waals surface area contributed by atoms with E-state index >= 15 is 0 Å². The van der Waals surface area contributed by atoms with Crippen molar-refractivity contribution in [3.8, 4) is 16.3 Å². The van der Waals surface area contributed by atoms with Crippen molar-refractivity contribution in [2.45, 2.75) is 0 Å². The van der Waals surface area contributed by atoms with E-state index in [1.54, 1.807) is 23.7 Å². The topological polar surface area (TPSA) is 68.0 Å². The second-order valence-electron chi connectivity index (χ2n) is 6.34. The van der Waals surface area contributed by atoms with Gasteiger partial charge in [-0.05, 0) is 23.6 Å². The summed E-state index contributed by atoms with van der Waals surface area (Å²) in [5.74, 6) is 0.618. The Kier molecular flexibility index (Phi) is 4.56. The van der Waals surface area contributed by atoms with Crippen LogP contribution in [0.2, 0.25) is 0 Å². The van der Waals surface area contributed by atoms with E-state index in [0.29, 0.717) is 5.82 Å². The zero-order valence-corrected chi connectivity index (χ0v) is 16.1. The standard InChI is InChI=1S/C22H16N6S/c1-2-8-18(9-3-1)28-15-17(21(27-28)20-11-6-12-29-20)14-24-26-22-19-10-5-4-7-16(19)13-23-25-22/h1-15H,(H,25,26)/b24-14+. The minimum Gasteiger partial charge on any atom is -0.259 e. The molecule has 5 rings (SSSR count). The van der Waals surface area contributed by atoms with Crippen LogP contribution in [-0.2, 0) is 0 Å². The Morgan fingerprint density at radius 1 is 0.966 bits per heavy atom. The number of hydrogen-bond donors (Lipinski definition) is 1. The highest BCUT2D eigenvalue weighted by molar-refractivity contribution is 7.13. The lowest BCUT2D eigenvalue weighted by Crippen LogP contribution is -1.96. The number of anilines is 1. The van der Waals surface area contributed by atoms with Crippen molar-refractivity contribution in [2.75, 3.05) is 5.43 Å². The average Bonchev–Trinajstić information content (AvgIpc) is 3.45. The molecule has 5 aromatic rings. The number of hydrogen-bond acceptors (Lipinski definition) is 6. The molecule has 3 heterocycles. The zero-order valence-electron chi connectivity index (χ0n) is 15.3. The van der Waals surface area contributed by atoms with Gasteiger partial charge in [-0.3, -0.25) is 5.43 Å². The van der Waals surface area contributed by atoms with Crippen LogP contribution in [0, 0.1) is 0 Å². The summed E-state index contributed by atoms with van der Waals surface area (Å²) in [7, 11) is 0. The smallest absolute Gasteiger partial charge is 0.176 e. The lowest BCUT2D eigenvalue weighted by Gasteiger charge is -2.02. The Labute approximate surface area is 171 Å². The van der Waals surface area contributed by atoms with E-state index in [0.717, 1.165) is 32.6 Å². The summed E-state index contributed by atoms with van der Waals surface area (Å²) in [5, 5.41) is 21.4. The first-order chi connectivity index (χ1) is 14.4. The van der Waals surface area contributed by atoms with Crippen LogP contribution in [0.4, 0.5) is 5.82 Å². The van der Waals surface area contributed by atoms with Crippen molar-refractivity contribution in [2.24, 2.45) is 5.10 Å². The maximum atomic E-state index is 4.78. The van der Waals surface area contributed by atoms with E-state index in [1.165, 1.54) is 0 Å². The highest BCUT2D eigenvalue weighted by Gasteiger charge is 2.12. The van der Waals surface area contributed by atoms with Crippen LogP contribution in [0.15, 0.2) is 89.6 Å². The number of nitrogens with zero attached hydrogens (tertiary/aromatic N) is 5. The molecule has 0 bridgehead atoms. The van der Waals surface area contributed by atoms with Crippen LogP contribution in [0.1, 0.15) is 5.56 Å². The van der Waals surface area contributed by atoms with Crippen molar-refractivity contribution >= 4 is 34.1 Å². The highest BCUT2D eigenvalue weighted by Crippen LogP contribution is 2.27. The third-order valence-electron chi connectivity index (χ3n) is 4.46. The minimum atomic E-state index is 0.618. The normalized spacial score (nSPS) is 11.3. The van der Waals surface area contributed by atoms with Crippen molar-refractivity contribution < 1.29 is 0 Å². The Balaban J connectivity index is 1.49. The fourth-order valence-corrected chi connectivity index (χ4v) is 3.80. The van der Waals surface area contributed by atoms with Gasteiger partial charge in [-0.15, -0.1) is 16.4 Å². The number of thiophene rings is 1. The summed E-state index contributed by atoms with van der Waals surface area (Å²) in [5.41, 5.74) is 5.82. The first-order valence-corrected chi connectivity index (χ1v) is 9.95. The maximum Gasteiger partial charge on any atom is 0.176 e. The van der Waals surface area contributed by atoms with Crippen LogP contribution in [0.5, 0.6) is 0 Å². The van der Waals surface area contributed by atoms with Crippen molar-refractivity contribution in [3.63, 3.8) is 0 Å². The van der Waals surface area contributed by atoms with Gasteiger partial charge in [0.2, 0.25) is 0 Å². The Bertz CT molecular complexity index is 1270. The second-order valence-corrected chi connectivity index (χ2v) is 7.29. The van der Waals surface area contributed by atoms with Crippen molar-refractivity contribution in [3.05, 3.63) is 90.1 Å². The molecule has 0 aliphatic heterocycles. The van der Waals surface area contributed by atoms with Gasteiger partial charge < -0.3 is 0 Å². The monoisotopic (exact) mass is 396 g/mol. The van der Waals surface area contributed by atoms with E-state index in [1.807, 2.05) is 76.9 Å². The fourth-order valence-electron chi connectivity index (χ4n) is 3.07. The molecule has 0 aliphatic carbocycles. The molecular formula is C22H16N6S. The lowest BCUT2D eigenvalue weighted by atomic mass is 10.2. The summed E-state index contributed by atoms with van der Waals surface area (Å²) in [4.78, 5) is 1.09. The molecule has 0 unspecified atom stereocenters. The molecule has 0 radical (unpaired) electrons. The van der Waals surface area contributed by atoms with Crippen molar-refractivity contribution in [1.29, 1.82) is 0 Å². The molecule has 7 heteroatoms. The molecule has 0 spiro atoms. The number of para-hydroxylation sites is 1. The average molecular weight is 396 g/mol. The molecule has 0 saturated carbocycles. The molecular weight excluding hydrogens is 380 g/mol. The van der Waals surface area contributed by atoms with Gasteiger partial charge in [-0.1, -0.05) is 48.5 Å². The van der Waals surface area contributed by atoms with Crippen LogP contribution in [0.3, 0.4) is 0 Å². The molecule has 0 fully saturated rings. The Hall–Kier alpha value is -3.84. The van der Waals surface area contributed by atoms with Gasteiger partial charge in [-0.25, -0.2) is 4.68 Å². The maximum absolute atomic E-state index is 4.78. The Morgan fingerprint density at radius 3 is 2.69 bits per heavy atom. The zero-order chi connectivity index (χ0) is 19.5. The number of nitrogens with one attached hydrogen (secondary N) is 1. The molecule has 0 aliphatic rings. The van der Waals surface area contributed by atoms with Crippen LogP contribution < -0.4 is 5.43 Å². The summed E-state index contributed by atoms with van der Waals surface area (Å²) in [6.07, 6.45) is 5.48. The molecule has 29 heavy (non-hydrogen) atoms. The first kappa shape index (κ1) is 17.3. The number of hydrazone groups is 1. The summed E-state index contributed by atoms with van der Waals surface area (Å²) < 4.78 is 1.87. The summed E-state index contributed by atoms with van der Waals surface area (Å²) in [6, 6.07) is 22.0. The van der Waals surface area contributed by atoms with E-state index in [2.05, 4.69) is 26.8 Å². The fraction of sp³-hybridized carbons (Fsp3) is 0. The lowest BCUT2D eigenvalue weighted by molar-refractivity contribution is 0.885. The Morgan fingerprint density at radius 2 is 1.83 bits per heavy atom. The number of aromatic nitrogens is 4. The van der Waals surface area contributed by atoms with Crippen LogP contribution in [-0.4, -0.2) is 26.2 Å². The molecule has 1 N–H and O–H groups in total. The third-order valence-corrected chi connectivity index (χ3v) is 5.34. The van der Waals surface area contributed by atoms with E-state index in [9.17, 15) is 0 Å². The number of fused-ring (bicyclic) bond motifs is 1. The van der Waals surface area contributed by atoms with Gasteiger partial charge in [0.1, 0.15) is 5.69 Å². The quantitative estimate of drug-likeness (QED) is 0.336. The van der Waals surface area contributed by atoms with Crippen molar-refractivity contribution in [1.82, 2.24) is 20.0 Å². The summed E-state index contributed by atoms with van der Waals surface area (Å²) in [6.45, 7) is 0. The molecule has 0 atom stereocenters. The molecule has 0 amide bonds. The number of benzene rings is 2. The van der Waals surface area contributed by atoms with E-state index < -0.39 is 0 Å². The predicted octanol–water partition coefficient (Wildman–Crippen LogP) is 4.99. The summed E-state index contributed by atoms with van der Waals surface area (Å²) >= 11 is 1.65.